The topological polar surface area (TPSA) is 46.5 Å². The van der Waals surface area contributed by atoms with Crippen molar-refractivity contribution in [3.63, 3.8) is 0 Å². The smallest absolute Gasteiger partial charge is 0.341 e. The van der Waals surface area contributed by atoms with Gasteiger partial charge in [0, 0.05) is 5.41 Å². The molecule has 12 heavy (non-hydrogen) atoms. The Bertz CT molecular complexity index is 163. The van der Waals surface area contributed by atoms with Gasteiger partial charge in [-0.1, -0.05) is 44.0 Å². The molecule has 0 fully saturated rings. The van der Waals surface area contributed by atoms with Crippen LogP contribution in [0.3, 0.4) is 0 Å². The van der Waals surface area contributed by atoms with Crippen molar-refractivity contribution in [2.75, 3.05) is 0 Å². The van der Waals surface area contributed by atoms with E-state index in [9.17, 15) is 9.90 Å². The van der Waals surface area contributed by atoms with E-state index in [1.54, 1.807) is 20.8 Å². The van der Waals surface area contributed by atoms with E-state index in [0.717, 1.165) is 0 Å². The fourth-order valence-electron chi connectivity index (χ4n) is 0.338. The molecule has 0 aliphatic carbocycles. The predicted molar refractivity (Wildman–Crippen MR) is 47.0 cm³/mol. The summed E-state index contributed by atoms with van der Waals surface area (Å²) < 4.78 is 4.53. The zero-order valence-electron chi connectivity index (χ0n) is 7.17. The lowest BCUT2D eigenvalue weighted by Crippen LogP contribution is -2.32. The summed E-state index contributed by atoms with van der Waals surface area (Å²) in [6.07, 6.45) is -1.19. The normalized spacial score (nSPS) is 14.6. The van der Waals surface area contributed by atoms with Gasteiger partial charge in [0.1, 0.15) is 0 Å². The SMILES string of the molecule is CC(C)(C)C(O)OC(=O)C(Cl)Cl. The molecule has 0 aromatic rings. The Morgan fingerprint density at radius 2 is 1.83 bits per heavy atom. The van der Waals surface area contributed by atoms with Crippen molar-refractivity contribution in [1.29, 1.82) is 0 Å². The molecule has 5 heteroatoms. The third-order valence-corrected chi connectivity index (χ3v) is 1.50. The molecule has 1 unspecified atom stereocenters. The van der Waals surface area contributed by atoms with Gasteiger partial charge in [0.15, 0.2) is 0 Å². The van der Waals surface area contributed by atoms with Gasteiger partial charge >= 0.3 is 5.97 Å². The number of hydrogen-bond acceptors (Lipinski definition) is 3. The molecule has 0 spiro atoms. The molecule has 3 nitrogen and oxygen atoms in total. The summed E-state index contributed by atoms with van der Waals surface area (Å²) in [6, 6.07) is 0. The van der Waals surface area contributed by atoms with Crippen LogP contribution in [-0.4, -0.2) is 22.2 Å². The van der Waals surface area contributed by atoms with E-state index in [1.807, 2.05) is 0 Å². The summed E-state index contributed by atoms with van der Waals surface area (Å²) in [4.78, 5) is 9.51. The second kappa shape index (κ2) is 4.30. The molecule has 0 saturated heterocycles. The van der Waals surface area contributed by atoms with Crippen LogP contribution in [0.4, 0.5) is 0 Å². The van der Waals surface area contributed by atoms with Crippen molar-refractivity contribution in [3.05, 3.63) is 0 Å². The Morgan fingerprint density at radius 1 is 1.42 bits per heavy atom. The van der Waals surface area contributed by atoms with Crippen LogP contribution < -0.4 is 0 Å². The number of alkyl halides is 2. The van der Waals surface area contributed by atoms with E-state index in [0.29, 0.717) is 0 Å². The highest BCUT2D eigenvalue weighted by molar-refractivity contribution is 6.52. The summed E-state index contributed by atoms with van der Waals surface area (Å²) in [6.45, 7) is 5.17. The molecule has 0 heterocycles. The molecular formula is C7H12Cl2O3. The van der Waals surface area contributed by atoms with Crippen LogP contribution in [0.25, 0.3) is 0 Å². The fraction of sp³-hybridized carbons (Fsp3) is 0.857. The number of esters is 1. The van der Waals surface area contributed by atoms with Crippen LogP contribution in [0, 0.1) is 5.41 Å². The lowest BCUT2D eigenvalue weighted by Gasteiger charge is -2.25. The highest BCUT2D eigenvalue weighted by atomic mass is 35.5. The van der Waals surface area contributed by atoms with Gasteiger partial charge in [0.25, 0.3) is 0 Å². The van der Waals surface area contributed by atoms with E-state index in [2.05, 4.69) is 4.74 Å². The van der Waals surface area contributed by atoms with Gasteiger partial charge in [0.05, 0.1) is 0 Å². The first-order valence-corrected chi connectivity index (χ1v) is 4.29. The molecule has 0 radical (unpaired) electrons. The number of hydrogen-bond donors (Lipinski definition) is 1. The summed E-state index contributed by atoms with van der Waals surface area (Å²) >= 11 is 10.4. The van der Waals surface area contributed by atoms with E-state index in [-0.39, 0.29) is 0 Å². The molecule has 0 bridgehead atoms. The first kappa shape index (κ1) is 12.0. The number of carbonyl (C=O) groups excluding carboxylic acids is 1. The number of ether oxygens (including phenoxy) is 1. The lowest BCUT2D eigenvalue weighted by molar-refractivity contribution is -0.184. The highest BCUT2D eigenvalue weighted by Gasteiger charge is 2.27. The van der Waals surface area contributed by atoms with E-state index < -0.39 is 22.5 Å². The number of carbonyl (C=O) groups is 1. The van der Waals surface area contributed by atoms with Crippen molar-refractivity contribution >= 4 is 29.2 Å². The van der Waals surface area contributed by atoms with Crippen LogP contribution in [-0.2, 0) is 9.53 Å². The van der Waals surface area contributed by atoms with Gasteiger partial charge in [-0.25, -0.2) is 4.79 Å². The molecule has 1 N–H and O–H groups in total. The first-order valence-electron chi connectivity index (χ1n) is 3.42. The molecule has 1 atom stereocenters. The fourth-order valence-corrected chi connectivity index (χ4v) is 0.441. The van der Waals surface area contributed by atoms with Crippen molar-refractivity contribution in [2.45, 2.75) is 31.9 Å². The first-order chi connectivity index (χ1) is 5.25. The Labute approximate surface area is 81.6 Å². The summed E-state index contributed by atoms with van der Waals surface area (Å²) in [7, 11) is 0. The lowest BCUT2D eigenvalue weighted by atomic mass is 9.96. The quantitative estimate of drug-likeness (QED) is 0.433. The maximum Gasteiger partial charge on any atom is 0.341 e. The van der Waals surface area contributed by atoms with Gasteiger partial charge < -0.3 is 9.84 Å². The van der Waals surface area contributed by atoms with Crippen LogP contribution in [0.5, 0.6) is 0 Å². The van der Waals surface area contributed by atoms with Crippen LogP contribution in [0.1, 0.15) is 20.8 Å². The molecule has 0 aromatic carbocycles. The zero-order valence-corrected chi connectivity index (χ0v) is 8.69. The number of aliphatic hydroxyl groups is 1. The maximum absolute atomic E-state index is 10.8. The molecule has 0 saturated carbocycles. The minimum Gasteiger partial charge on any atom is -0.433 e. The monoisotopic (exact) mass is 214 g/mol. The second-order valence-electron chi connectivity index (χ2n) is 3.46. The molecule has 0 aromatic heterocycles. The van der Waals surface area contributed by atoms with Crippen molar-refractivity contribution in [2.24, 2.45) is 5.41 Å². The average molecular weight is 215 g/mol. The maximum atomic E-state index is 10.8. The minimum absolute atomic E-state index is 0.529. The molecular weight excluding hydrogens is 203 g/mol. The molecule has 0 aliphatic rings. The molecule has 0 rings (SSSR count). The Balaban J connectivity index is 4.02. The zero-order chi connectivity index (χ0) is 9.94. The average Bonchev–Trinajstić information content (AvgIpc) is 1.85. The molecule has 0 amide bonds. The Morgan fingerprint density at radius 3 is 2.08 bits per heavy atom. The van der Waals surface area contributed by atoms with Crippen LogP contribution in [0.15, 0.2) is 0 Å². The Hall–Kier alpha value is 0.01000. The number of aliphatic hydroxyl groups excluding tert-OH is 1. The summed E-state index contributed by atoms with van der Waals surface area (Å²) in [5.74, 6) is -0.833. The predicted octanol–water partition coefficient (Wildman–Crippen LogP) is 1.70. The number of rotatable bonds is 2. The largest absolute Gasteiger partial charge is 0.433 e. The minimum atomic E-state index is -1.25. The third-order valence-electron chi connectivity index (χ3n) is 1.15. The van der Waals surface area contributed by atoms with E-state index >= 15 is 0 Å². The van der Waals surface area contributed by atoms with E-state index in [1.165, 1.54) is 0 Å². The van der Waals surface area contributed by atoms with Crippen LogP contribution in [0.2, 0.25) is 0 Å². The standard InChI is InChI=1S/C7H12Cl2O3/c1-7(2,3)6(11)12-5(10)4(8)9/h4,6,11H,1-3H3. The Kier molecular flexibility index (Phi) is 4.31. The van der Waals surface area contributed by atoms with Crippen molar-refractivity contribution < 1.29 is 14.6 Å². The molecule has 72 valence electrons. The van der Waals surface area contributed by atoms with Gasteiger partial charge in [-0.05, 0) is 0 Å². The summed E-state index contributed by atoms with van der Waals surface area (Å²) in [5, 5.41) is 9.24. The van der Waals surface area contributed by atoms with Crippen molar-refractivity contribution in [1.82, 2.24) is 0 Å². The second-order valence-corrected chi connectivity index (χ2v) is 4.55. The van der Waals surface area contributed by atoms with Gasteiger partial charge in [-0.3, -0.25) is 0 Å². The number of halogens is 2. The van der Waals surface area contributed by atoms with Crippen LogP contribution >= 0.6 is 23.2 Å². The highest BCUT2D eigenvalue weighted by Crippen LogP contribution is 2.21. The van der Waals surface area contributed by atoms with Gasteiger partial charge in [-0.2, -0.15) is 0 Å². The molecule has 0 aliphatic heterocycles. The van der Waals surface area contributed by atoms with Gasteiger partial charge in [0.2, 0.25) is 11.1 Å². The summed E-state index contributed by atoms with van der Waals surface area (Å²) in [5.41, 5.74) is -0.529. The van der Waals surface area contributed by atoms with E-state index in [4.69, 9.17) is 23.2 Å². The van der Waals surface area contributed by atoms with Crippen molar-refractivity contribution in [3.8, 4) is 0 Å². The van der Waals surface area contributed by atoms with Gasteiger partial charge in [-0.15, -0.1) is 0 Å². The third kappa shape index (κ3) is 4.14.